The molecule has 1 aliphatic heterocycles. The Bertz CT molecular complexity index is 1080. The van der Waals surface area contributed by atoms with E-state index in [1.807, 2.05) is 18.2 Å². The smallest absolute Gasteiger partial charge is 0.153 e. The third-order valence-electron chi connectivity index (χ3n) is 7.42. The summed E-state index contributed by atoms with van der Waals surface area (Å²) in [7, 11) is 2.13. The van der Waals surface area contributed by atoms with Crippen LogP contribution in [0.5, 0.6) is 0 Å². The standard InChI is InChI=1S/C28H35N3O3/c1-28(23-9-4-3-5-10-23)17-22(18-28)27(26-16-21-8-6-7-11-25(21)34-26)29-33-20-24(32)19-31-14-12-30(2)13-15-31/h3-11,16,22,24,32H,12-15,17-20H2,1-2H3. The van der Waals surface area contributed by atoms with Gasteiger partial charge in [-0.25, -0.2) is 0 Å². The number of rotatable bonds is 8. The Kier molecular flexibility index (Phi) is 6.73. The highest BCUT2D eigenvalue weighted by Gasteiger charge is 2.45. The van der Waals surface area contributed by atoms with Gasteiger partial charge in [0.25, 0.3) is 0 Å². The Labute approximate surface area is 201 Å². The molecule has 1 saturated carbocycles. The largest absolute Gasteiger partial charge is 0.455 e. The van der Waals surface area contributed by atoms with Crippen LogP contribution in [-0.2, 0) is 10.3 Å². The Morgan fingerprint density at radius 1 is 1.09 bits per heavy atom. The van der Waals surface area contributed by atoms with Crippen LogP contribution in [0.15, 0.2) is 70.2 Å². The zero-order valence-electron chi connectivity index (χ0n) is 20.2. The molecule has 1 atom stereocenters. The molecule has 0 amide bonds. The van der Waals surface area contributed by atoms with Crippen LogP contribution in [0.1, 0.15) is 31.1 Å². The van der Waals surface area contributed by atoms with Gasteiger partial charge in [0.1, 0.15) is 24.0 Å². The average molecular weight is 462 g/mol. The quantitative estimate of drug-likeness (QED) is 0.404. The number of hydrogen-bond donors (Lipinski definition) is 1. The van der Waals surface area contributed by atoms with E-state index in [0.29, 0.717) is 6.54 Å². The molecule has 1 aromatic heterocycles. The van der Waals surface area contributed by atoms with Crippen LogP contribution in [-0.4, -0.2) is 73.1 Å². The van der Waals surface area contributed by atoms with Crippen molar-refractivity contribution in [1.29, 1.82) is 0 Å². The molecule has 0 bridgehead atoms. The van der Waals surface area contributed by atoms with Crippen molar-refractivity contribution in [3.63, 3.8) is 0 Å². The minimum atomic E-state index is -0.569. The van der Waals surface area contributed by atoms with Crippen LogP contribution in [0, 0.1) is 5.92 Å². The topological polar surface area (TPSA) is 61.4 Å². The van der Waals surface area contributed by atoms with Crippen molar-refractivity contribution in [2.45, 2.75) is 31.3 Å². The fourth-order valence-corrected chi connectivity index (χ4v) is 5.30. The van der Waals surface area contributed by atoms with Crippen LogP contribution in [0.2, 0.25) is 0 Å². The summed E-state index contributed by atoms with van der Waals surface area (Å²) in [5.41, 5.74) is 3.18. The van der Waals surface area contributed by atoms with Crippen molar-refractivity contribution >= 4 is 16.7 Å². The third kappa shape index (κ3) is 5.04. The molecule has 0 spiro atoms. The first-order valence-corrected chi connectivity index (χ1v) is 12.3. The van der Waals surface area contributed by atoms with E-state index in [4.69, 9.17) is 9.25 Å². The van der Waals surface area contributed by atoms with E-state index in [0.717, 1.165) is 61.5 Å². The maximum absolute atomic E-state index is 10.5. The van der Waals surface area contributed by atoms with Crippen molar-refractivity contribution in [3.8, 4) is 0 Å². The van der Waals surface area contributed by atoms with Crippen LogP contribution in [0.3, 0.4) is 0 Å². The number of fused-ring (bicyclic) bond motifs is 1. The average Bonchev–Trinajstić information content (AvgIpc) is 3.26. The second-order valence-electron chi connectivity index (χ2n) is 10.2. The number of oxime groups is 1. The normalized spacial score (nSPS) is 25.3. The number of piperazine rings is 1. The van der Waals surface area contributed by atoms with Crippen molar-refractivity contribution in [2.24, 2.45) is 11.1 Å². The summed E-state index contributed by atoms with van der Waals surface area (Å²) in [6, 6.07) is 20.8. The fraction of sp³-hybridized carbons (Fsp3) is 0.464. The molecule has 1 N–H and O–H groups in total. The summed E-state index contributed by atoms with van der Waals surface area (Å²) < 4.78 is 6.16. The molecule has 2 fully saturated rings. The Balaban J connectivity index is 1.28. The zero-order valence-corrected chi connectivity index (χ0v) is 20.2. The van der Waals surface area contributed by atoms with Gasteiger partial charge >= 0.3 is 0 Å². The number of aliphatic hydroxyl groups excluding tert-OH is 1. The maximum Gasteiger partial charge on any atom is 0.153 e. The molecular weight excluding hydrogens is 426 g/mol. The molecule has 3 aromatic rings. The number of benzene rings is 2. The first-order valence-electron chi connectivity index (χ1n) is 12.3. The zero-order chi connectivity index (χ0) is 23.5. The molecule has 6 heteroatoms. The van der Waals surface area contributed by atoms with Gasteiger partial charge in [0.05, 0.1) is 0 Å². The molecular formula is C28H35N3O3. The minimum Gasteiger partial charge on any atom is -0.455 e. The van der Waals surface area contributed by atoms with E-state index < -0.39 is 6.10 Å². The van der Waals surface area contributed by atoms with Gasteiger partial charge < -0.3 is 19.3 Å². The van der Waals surface area contributed by atoms with Crippen LogP contribution in [0.25, 0.3) is 11.0 Å². The van der Waals surface area contributed by atoms with Gasteiger partial charge in [-0.1, -0.05) is 60.6 Å². The molecule has 2 aliphatic rings. The lowest BCUT2D eigenvalue weighted by atomic mass is 9.58. The van der Waals surface area contributed by atoms with Gasteiger partial charge in [0.15, 0.2) is 5.76 Å². The maximum atomic E-state index is 10.5. The third-order valence-corrected chi connectivity index (χ3v) is 7.42. The fourth-order valence-electron chi connectivity index (χ4n) is 5.30. The number of furan rings is 1. The number of aliphatic hydroxyl groups is 1. The highest BCUT2D eigenvalue weighted by Crippen LogP contribution is 2.49. The lowest BCUT2D eigenvalue weighted by Crippen LogP contribution is -2.47. The Hall–Kier alpha value is -2.67. The van der Waals surface area contributed by atoms with Crippen molar-refractivity contribution in [3.05, 3.63) is 72.0 Å². The Morgan fingerprint density at radius 3 is 2.53 bits per heavy atom. The summed E-state index contributed by atoms with van der Waals surface area (Å²) in [5.74, 6) is 1.01. The summed E-state index contributed by atoms with van der Waals surface area (Å²) in [5, 5.41) is 16.1. The SMILES string of the molecule is CN1CCN(CC(O)CON=C(c2cc3ccccc3o2)C2CC(C)(c3ccccc3)C2)CC1. The molecule has 6 nitrogen and oxygen atoms in total. The second-order valence-corrected chi connectivity index (χ2v) is 10.2. The second kappa shape index (κ2) is 9.90. The van der Waals surface area contributed by atoms with Crippen molar-refractivity contribution in [2.75, 3.05) is 46.4 Å². The first-order chi connectivity index (χ1) is 16.5. The summed E-state index contributed by atoms with van der Waals surface area (Å²) in [6.45, 7) is 7.11. The number of para-hydroxylation sites is 1. The highest BCUT2D eigenvalue weighted by molar-refractivity contribution is 6.03. The number of hydrogen-bond acceptors (Lipinski definition) is 6. The highest BCUT2D eigenvalue weighted by atomic mass is 16.6. The van der Waals surface area contributed by atoms with Gasteiger partial charge in [-0.2, -0.15) is 0 Å². The van der Waals surface area contributed by atoms with E-state index in [2.05, 4.69) is 71.4 Å². The van der Waals surface area contributed by atoms with Crippen molar-refractivity contribution < 1.29 is 14.4 Å². The monoisotopic (exact) mass is 461 g/mol. The van der Waals surface area contributed by atoms with Crippen LogP contribution >= 0.6 is 0 Å². The Morgan fingerprint density at radius 2 is 1.79 bits per heavy atom. The number of nitrogens with zero attached hydrogens (tertiary/aromatic N) is 3. The van der Waals surface area contributed by atoms with E-state index >= 15 is 0 Å². The number of β-amino-alcohol motifs (C(OH)–C–C–N with tert-alkyl or cyclic N) is 1. The number of likely N-dealkylation sites (N-methyl/N-ethyl adjacent to an activating group) is 1. The van der Waals surface area contributed by atoms with Gasteiger partial charge in [0, 0.05) is 44.0 Å². The molecule has 1 unspecified atom stereocenters. The van der Waals surface area contributed by atoms with Crippen LogP contribution in [0.4, 0.5) is 0 Å². The summed E-state index contributed by atoms with van der Waals surface area (Å²) in [4.78, 5) is 10.3. The summed E-state index contributed by atoms with van der Waals surface area (Å²) in [6.07, 6.45) is 1.40. The summed E-state index contributed by atoms with van der Waals surface area (Å²) >= 11 is 0. The minimum absolute atomic E-state index is 0.125. The molecule has 5 rings (SSSR count). The van der Waals surface area contributed by atoms with Crippen LogP contribution < -0.4 is 0 Å². The molecule has 1 aliphatic carbocycles. The van der Waals surface area contributed by atoms with Gasteiger partial charge in [0.2, 0.25) is 0 Å². The van der Waals surface area contributed by atoms with Crippen molar-refractivity contribution in [1.82, 2.24) is 9.80 Å². The predicted octanol–water partition coefficient (Wildman–Crippen LogP) is 4.13. The molecule has 1 saturated heterocycles. The van der Waals surface area contributed by atoms with Gasteiger partial charge in [-0.3, -0.25) is 4.90 Å². The van der Waals surface area contributed by atoms with E-state index in [-0.39, 0.29) is 17.9 Å². The lowest BCUT2D eigenvalue weighted by molar-refractivity contribution is 0.00982. The van der Waals surface area contributed by atoms with E-state index in [9.17, 15) is 5.11 Å². The molecule has 2 aromatic carbocycles. The first kappa shape index (κ1) is 23.1. The lowest BCUT2D eigenvalue weighted by Gasteiger charge is -2.45. The molecule has 34 heavy (non-hydrogen) atoms. The van der Waals surface area contributed by atoms with Gasteiger partial charge in [-0.15, -0.1) is 0 Å². The predicted molar refractivity (Wildman–Crippen MR) is 135 cm³/mol. The van der Waals surface area contributed by atoms with E-state index in [1.54, 1.807) is 0 Å². The van der Waals surface area contributed by atoms with Gasteiger partial charge in [-0.05, 0) is 43.0 Å². The molecule has 2 heterocycles. The van der Waals surface area contributed by atoms with E-state index in [1.165, 1.54) is 5.56 Å². The molecule has 0 radical (unpaired) electrons. The molecule has 180 valence electrons.